The number of anilines is 2. The second kappa shape index (κ2) is 11.6. The number of para-hydroxylation sites is 1. The Morgan fingerprint density at radius 3 is 2.24 bits per heavy atom. The van der Waals surface area contributed by atoms with E-state index < -0.39 is 87.5 Å². The molecular formula is C39H28ClFN2O8. The summed E-state index contributed by atoms with van der Waals surface area (Å²) in [4.78, 5) is 71.8. The molecule has 2 heterocycles. The van der Waals surface area contributed by atoms with Crippen molar-refractivity contribution in [2.75, 3.05) is 9.80 Å². The van der Waals surface area contributed by atoms with Gasteiger partial charge in [0.25, 0.3) is 0 Å². The van der Waals surface area contributed by atoms with Gasteiger partial charge in [-0.3, -0.25) is 19.2 Å². The van der Waals surface area contributed by atoms with Crippen LogP contribution >= 0.6 is 11.6 Å². The first-order chi connectivity index (χ1) is 24.5. The number of phenols is 2. The summed E-state index contributed by atoms with van der Waals surface area (Å²) in [7, 11) is 0. The van der Waals surface area contributed by atoms with Crippen LogP contribution in [0, 0.1) is 29.5 Å². The highest BCUT2D eigenvalue weighted by atomic mass is 35.5. The lowest BCUT2D eigenvalue weighted by molar-refractivity contribution is -0.127. The van der Waals surface area contributed by atoms with Gasteiger partial charge in [0.05, 0.1) is 34.5 Å². The molecule has 3 fully saturated rings. The van der Waals surface area contributed by atoms with Crippen LogP contribution in [0.2, 0.25) is 5.02 Å². The van der Waals surface area contributed by atoms with Gasteiger partial charge in [0, 0.05) is 22.6 Å². The number of amides is 4. The number of halogens is 2. The molecule has 1 saturated carbocycles. The third kappa shape index (κ3) is 4.50. The number of carbonyl (C=O) groups is 5. The summed E-state index contributed by atoms with van der Waals surface area (Å²) in [5, 5.41) is 31.4. The van der Waals surface area contributed by atoms with E-state index in [1.165, 1.54) is 24.3 Å². The summed E-state index contributed by atoms with van der Waals surface area (Å²) in [5.41, 5.74) is -0.884. The molecule has 51 heavy (non-hydrogen) atoms. The zero-order valence-corrected chi connectivity index (χ0v) is 27.3. The molecule has 4 aromatic rings. The molecule has 4 amide bonds. The Bertz CT molecular complexity index is 2240. The molecule has 0 radical (unpaired) electrons. The van der Waals surface area contributed by atoms with E-state index in [0.29, 0.717) is 11.1 Å². The average Bonchev–Trinajstić information content (AvgIpc) is 3.50. The van der Waals surface area contributed by atoms with Crippen molar-refractivity contribution in [2.24, 2.45) is 23.7 Å². The Morgan fingerprint density at radius 2 is 1.53 bits per heavy atom. The van der Waals surface area contributed by atoms with E-state index in [9.17, 15) is 34.5 Å². The van der Waals surface area contributed by atoms with Crippen molar-refractivity contribution >= 4 is 52.6 Å². The molecule has 12 heteroatoms. The van der Waals surface area contributed by atoms with E-state index in [0.717, 1.165) is 28.0 Å². The zero-order valence-electron chi connectivity index (χ0n) is 26.6. The first-order valence-corrected chi connectivity index (χ1v) is 16.7. The summed E-state index contributed by atoms with van der Waals surface area (Å²) in [5.74, 6) is -11.0. The topological polar surface area (TPSA) is 153 Å². The first kappa shape index (κ1) is 32.4. The van der Waals surface area contributed by atoms with E-state index in [2.05, 4.69) is 0 Å². The fraction of sp³-hybridized carbons (Fsp3) is 0.205. The second-order valence-electron chi connectivity index (χ2n) is 13.3. The summed E-state index contributed by atoms with van der Waals surface area (Å²) in [6, 6.07) is 22.3. The van der Waals surface area contributed by atoms with Crippen molar-refractivity contribution in [3.63, 3.8) is 0 Å². The molecule has 2 aliphatic carbocycles. The molecule has 0 spiro atoms. The summed E-state index contributed by atoms with van der Waals surface area (Å²) in [6.45, 7) is 0. The van der Waals surface area contributed by atoms with Crippen LogP contribution in [0.5, 0.6) is 11.5 Å². The minimum Gasteiger partial charge on any atom is -0.507 e. The lowest BCUT2D eigenvalue weighted by Gasteiger charge is -2.50. The highest BCUT2D eigenvalue weighted by molar-refractivity contribution is 6.32. The molecule has 3 N–H and O–H groups in total. The molecule has 4 aliphatic rings. The van der Waals surface area contributed by atoms with Gasteiger partial charge < -0.3 is 15.3 Å². The van der Waals surface area contributed by atoms with Gasteiger partial charge >= 0.3 is 5.97 Å². The molecular weight excluding hydrogens is 679 g/mol. The highest BCUT2D eigenvalue weighted by Crippen LogP contribution is 2.65. The van der Waals surface area contributed by atoms with E-state index in [1.807, 2.05) is 0 Å². The predicted octanol–water partition coefficient (Wildman–Crippen LogP) is 5.96. The summed E-state index contributed by atoms with van der Waals surface area (Å²) in [6.07, 6.45) is 1.78. The van der Waals surface area contributed by atoms with Crippen LogP contribution in [0.3, 0.4) is 0 Å². The third-order valence-corrected chi connectivity index (χ3v) is 11.2. The van der Waals surface area contributed by atoms with Crippen LogP contribution in [0.1, 0.15) is 40.2 Å². The smallest absolute Gasteiger partial charge is 0.339 e. The minimum absolute atomic E-state index is 0.0172. The molecule has 10 nitrogen and oxygen atoms in total. The highest BCUT2D eigenvalue weighted by Gasteiger charge is 2.70. The Kier molecular flexibility index (Phi) is 7.39. The zero-order chi connectivity index (χ0) is 35.9. The number of carboxylic acid groups (broad SMARTS) is 1. The Labute approximate surface area is 295 Å². The third-order valence-electron chi connectivity index (χ3n) is 11.0. The number of allylic oxidation sites excluding steroid dienone is 2. The summed E-state index contributed by atoms with van der Waals surface area (Å²) >= 11 is 6.32. The van der Waals surface area contributed by atoms with Crippen LogP contribution in [0.25, 0.3) is 0 Å². The lowest BCUT2D eigenvalue weighted by atomic mass is 9.49. The predicted molar refractivity (Wildman–Crippen MR) is 182 cm³/mol. The molecule has 6 unspecified atom stereocenters. The monoisotopic (exact) mass is 706 g/mol. The Hall–Kier alpha value is -5.81. The number of phenolic OH excluding ortho intramolecular Hbond substituents is 1. The minimum atomic E-state index is -1.70. The fourth-order valence-electron chi connectivity index (χ4n) is 8.95. The van der Waals surface area contributed by atoms with Gasteiger partial charge in [-0.05, 0) is 60.7 Å². The number of hydrogen-bond donors (Lipinski definition) is 3. The fourth-order valence-corrected chi connectivity index (χ4v) is 9.13. The number of hydrogen-bond acceptors (Lipinski definition) is 7. The van der Waals surface area contributed by atoms with Crippen LogP contribution in [0.4, 0.5) is 15.8 Å². The molecule has 6 atom stereocenters. The van der Waals surface area contributed by atoms with Crippen molar-refractivity contribution in [3.8, 4) is 11.5 Å². The molecule has 8 rings (SSSR count). The maximum atomic E-state index is 15.3. The van der Waals surface area contributed by atoms with E-state index >= 15 is 9.18 Å². The van der Waals surface area contributed by atoms with Gasteiger partial charge in [-0.25, -0.2) is 19.0 Å². The standard InChI is InChI=1S/C39H28ClFN2O8/c40-20-8-4-9-21(16-20)43-35(47)28-18-27-23(14-15-25-31(27)36(48)42(34(25)46)22-12-13-24(37(49)50)30(44)17-22)32(26-10-5-11-29(41)33(26)45)39(28,38(43)51)19-6-2-1-3-7-19/h1-14,16-17,25,27-28,31-32,44-45H,15,18H2,(H,49,50). The van der Waals surface area contributed by atoms with Gasteiger partial charge in [-0.2, -0.15) is 0 Å². The molecule has 0 aromatic heterocycles. The van der Waals surface area contributed by atoms with Crippen molar-refractivity contribution in [1.29, 1.82) is 0 Å². The van der Waals surface area contributed by atoms with Gasteiger partial charge in [0.15, 0.2) is 11.6 Å². The van der Waals surface area contributed by atoms with Gasteiger partial charge in [0.2, 0.25) is 23.6 Å². The van der Waals surface area contributed by atoms with E-state index in [4.69, 9.17) is 11.6 Å². The summed E-state index contributed by atoms with van der Waals surface area (Å²) < 4.78 is 15.3. The van der Waals surface area contributed by atoms with Crippen molar-refractivity contribution in [2.45, 2.75) is 24.2 Å². The number of fused-ring (bicyclic) bond motifs is 4. The molecule has 2 saturated heterocycles. The van der Waals surface area contributed by atoms with Crippen LogP contribution in [-0.2, 0) is 24.6 Å². The molecule has 256 valence electrons. The van der Waals surface area contributed by atoms with Crippen LogP contribution in [-0.4, -0.2) is 44.9 Å². The number of rotatable bonds is 5. The van der Waals surface area contributed by atoms with E-state index in [1.54, 1.807) is 54.6 Å². The quantitative estimate of drug-likeness (QED) is 0.170. The number of aromatic carboxylic acids is 1. The largest absolute Gasteiger partial charge is 0.507 e. The van der Waals surface area contributed by atoms with Crippen molar-refractivity contribution in [1.82, 2.24) is 0 Å². The number of benzene rings is 4. The maximum absolute atomic E-state index is 15.3. The van der Waals surface area contributed by atoms with Crippen LogP contribution < -0.4 is 9.80 Å². The van der Waals surface area contributed by atoms with Crippen LogP contribution in [0.15, 0.2) is 103 Å². The number of imide groups is 2. The first-order valence-electron chi connectivity index (χ1n) is 16.3. The van der Waals surface area contributed by atoms with E-state index in [-0.39, 0.29) is 34.8 Å². The van der Waals surface area contributed by atoms with Gasteiger partial charge in [-0.1, -0.05) is 71.8 Å². The molecule has 0 bridgehead atoms. The number of aromatic hydroxyl groups is 2. The number of carboxylic acids is 1. The number of carbonyl (C=O) groups excluding carboxylic acids is 4. The van der Waals surface area contributed by atoms with Crippen molar-refractivity contribution < 1.29 is 43.7 Å². The van der Waals surface area contributed by atoms with Gasteiger partial charge in [0.1, 0.15) is 11.3 Å². The maximum Gasteiger partial charge on any atom is 0.339 e. The Morgan fingerprint density at radius 1 is 0.804 bits per heavy atom. The SMILES string of the molecule is O=C(O)c1ccc(N2C(=O)C3CC=C4C(CC5C(=O)N(c6cccc(Cl)c6)C(=O)C5(c5ccccc5)C4c4cccc(F)c4O)C3C2=O)cc1O. The average molecular weight is 707 g/mol. The Balaban J connectivity index is 1.34. The lowest BCUT2D eigenvalue weighted by Crippen LogP contribution is -2.53. The van der Waals surface area contributed by atoms with Crippen molar-refractivity contribution in [3.05, 3.63) is 130 Å². The normalized spacial score (nSPS) is 26.9. The molecule has 2 aliphatic heterocycles. The number of nitrogens with zero attached hydrogens (tertiary/aromatic N) is 2. The second-order valence-corrected chi connectivity index (χ2v) is 13.7. The molecule has 4 aromatic carbocycles. The van der Waals surface area contributed by atoms with Gasteiger partial charge in [-0.15, -0.1) is 0 Å².